The van der Waals surface area contributed by atoms with E-state index in [1.165, 1.54) is 12.2 Å². The van der Waals surface area contributed by atoms with Crippen molar-refractivity contribution in [3.8, 4) is 0 Å². The van der Waals surface area contributed by atoms with Gasteiger partial charge in [0.25, 0.3) is 0 Å². The first-order chi connectivity index (χ1) is 6.05. The van der Waals surface area contributed by atoms with E-state index in [9.17, 15) is 9.46 Å². The minimum Gasteiger partial charge on any atom is -0.324 e. The zero-order valence-electron chi connectivity index (χ0n) is 7.56. The van der Waals surface area contributed by atoms with Crippen molar-refractivity contribution >= 4 is 7.60 Å². The van der Waals surface area contributed by atoms with E-state index in [4.69, 9.17) is 4.52 Å². The van der Waals surface area contributed by atoms with Crippen LogP contribution in [0.5, 0.6) is 0 Å². The van der Waals surface area contributed by atoms with Crippen LogP contribution in [-0.2, 0) is 9.09 Å². The quantitative estimate of drug-likeness (QED) is 0.509. The summed E-state index contributed by atoms with van der Waals surface area (Å²) in [6.45, 7) is 10.4. The van der Waals surface area contributed by atoms with Gasteiger partial charge in [-0.25, -0.2) is 0 Å². The molecule has 0 rings (SSSR count). The van der Waals surface area contributed by atoms with Crippen LogP contribution < -0.4 is 0 Å². The molecule has 0 aromatic rings. The summed E-state index contributed by atoms with van der Waals surface area (Å²) in [4.78, 5) is 9.22. The van der Waals surface area contributed by atoms with Crippen LogP contribution in [0, 0.1) is 0 Å². The zero-order valence-corrected chi connectivity index (χ0v) is 8.45. The molecule has 74 valence electrons. The van der Waals surface area contributed by atoms with E-state index in [1.807, 2.05) is 0 Å². The lowest BCUT2D eigenvalue weighted by Gasteiger charge is -2.15. The Morgan fingerprint density at radius 1 is 1.38 bits per heavy atom. The number of rotatable bonds is 7. The first-order valence-corrected chi connectivity index (χ1v) is 5.66. The van der Waals surface area contributed by atoms with Gasteiger partial charge in [-0.05, 0) is 6.42 Å². The van der Waals surface area contributed by atoms with Crippen LogP contribution in [0.2, 0.25) is 0 Å². The number of hydrogen-bond acceptors (Lipinski definition) is 2. The Hall–Kier alpha value is -0.630. The SMILES string of the molecule is C=CCC(C=C)OP(=O)(O)CC=C. The van der Waals surface area contributed by atoms with Gasteiger partial charge in [-0.1, -0.05) is 18.2 Å². The predicted octanol–water partition coefficient (Wildman–Crippen LogP) is 2.51. The highest BCUT2D eigenvalue weighted by Gasteiger charge is 2.20. The predicted molar refractivity (Wildman–Crippen MR) is 54.8 cm³/mol. The van der Waals surface area contributed by atoms with Gasteiger partial charge in [0.05, 0.1) is 12.3 Å². The molecule has 0 aromatic carbocycles. The van der Waals surface area contributed by atoms with Crippen molar-refractivity contribution in [2.24, 2.45) is 0 Å². The summed E-state index contributed by atoms with van der Waals surface area (Å²) >= 11 is 0. The molecular formula is C9H15O3P. The van der Waals surface area contributed by atoms with Crippen molar-refractivity contribution in [3.05, 3.63) is 38.0 Å². The molecular weight excluding hydrogens is 187 g/mol. The lowest BCUT2D eigenvalue weighted by molar-refractivity contribution is 0.215. The molecule has 13 heavy (non-hydrogen) atoms. The Kier molecular flexibility index (Phi) is 5.63. The van der Waals surface area contributed by atoms with Crippen molar-refractivity contribution in [1.29, 1.82) is 0 Å². The molecule has 0 aliphatic heterocycles. The molecule has 3 nitrogen and oxygen atoms in total. The molecule has 0 aliphatic carbocycles. The Labute approximate surface area is 79.0 Å². The van der Waals surface area contributed by atoms with Gasteiger partial charge >= 0.3 is 7.60 Å². The molecule has 0 aliphatic rings. The highest BCUT2D eigenvalue weighted by Crippen LogP contribution is 2.43. The van der Waals surface area contributed by atoms with Gasteiger partial charge in [-0.3, -0.25) is 4.57 Å². The highest BCUT2D eigenvalue weighted by molar-refractivity contribution is 7.53. The second kappa shape index (κ2) is 5.92. The van der Waals surface area contributed by atoms with Gasteiger partial charge < -0.3 is 9.42 Å². The lowest BCUT2D eigenvalue weighted by Crippen LogP contribution is -2.07. The third-order valence-corrected chi connectivity index (χ3v) is 2.64. The van der Waals surface area contributed by atoms with E-state index in [2.05, 4.69) is 19.7 Å². The fourth-order valence-electron chi connectivity index (χ4n) is 0.764. The minimum absolute atomic E-state index is 0.0471. The highest BCUT2D eigenvalue weighted by atomic mass is 31.2. The van der Waals surface area contributed by atoms with E-state index in [1.54, 1.807) is 6.08 Å². The maximum atomic E-state index is 11.2. The standard InChI is InChI=1S/C9H15O3P/c1-4-7-9(6-3)12-13(10,11)8-5-2/h4-6,9H,1-3,7-8H2,(H,10,11). The summed E-state index contributed by atoms with van der Waals surface area (Å²) in [5.41, 5.74) is 0. The lowest BCUT2D eigenvalue weighted by atomic mass is 10.2. The maximum absolute atomic E-state index is 11.2. The van der Waals surface area contributed by atoms with E-state index >= 15 is 0 Å². The van der Waals surface area contributed by atoms with E-state index in [0.29, 0.717) is 6.42 Å². The van der Waals surface area contributed by atoms with Crippen molar-refractivity contribution < 1.29 is 14.0 Å². The van der Waals surface area contributed by atoms with Gasteiger partial charge in [0, 0.05) is 0 Å². The maximum Gasteiger partial charge on any atom is 0.332 e. The molecule has 0 saturated heterocycles. The Bertz CT molecular complexity index is 235. The van der Waals surface area contributed by atoms with Gasteiger partial charge in [0.15, 0.2) is 0 Å². The van der Waals surface area contributed by atoms with Crippen LogP contribution in [0.3, 0.4) is 0 Å². The summed E-state index contributed by atoms with van der Waals surface area (Å²) in [6.07, 6.45) is 4.43. The summed E-state index contributed by atoms with van der Waals surface area (Å²) in [5.74, 6) is 0. The third kappa shape index (κ3) is 5.58. The topological polar surface area (TPSA) is 46.5 Å². The third-order valence-electron chi connectivity index (χ3n) is 1.32. The fourth-order valence-corrected chi connectivity index (χ4v) is 1.77. The van der Waals surface area contributed by atoms with Crippen LogP contribution in [-0.4, -0.2) is 17.2 Å². The molecule has 0 aromatic heterocycles. The molecule has 0 heterocycles. The van der Waals surface area contributed by atoms with Gasteiger partial charge in [-0.15, -0.1) is 19.7 Å². The Morgan fingerprint density at radius 2 is 2.00 bits per heavy atom. The van der Waals surface area contributed by atoms with Crippen LogP contribution in [0.1, 0.15) is 6.42 Å². The second-order valence-electron chi connectivity index (χ2n) is 2.51. The van der Waals surface area contributed by atoms with Gasteiger partial charge in [0.1, 0.15) is 0 Å². The second-order valence-corrected chi connectivity index (χ2v) is 4.36. The van der Waals surface area contributed by atoms with E-state index in [-0.39, 0.29) is 6.16 Å². The van der Waals surface area contributed by atoms with E-state index < -0.39 is 13.7 Å². The Balaban J connectivity index is 4.20. The molecule has 0 radical (unpaired) electrons. The van der Waals surface area contributed by atoms with Crippen molar-refractivity contribution in [2.45, 2.75) is 12.5 Å². The molecule has 2 unspecified atom stereocenters. The minimum atomic E-state index is -3.53. The average molecular weight is 202 g/mol. The van der Waals surface area contributed by atoms with E-state index in [0.717, 1.165) is 0 Å². The van der Waals surface area contributed by atoms with Crippen LogP contribution in [0.25, 0.3) is 0 Å². The van der Waals surface area contributed by atoms with Crippen LogP contribution >= 0.6 is 7.60 Å². The molecule has 0 spiro atoms. The van der Waals surface area contributed by atoms with Crippen molar-refractivity contribution in [2.75, 3.05) is 6.16 Å². The molecule has 1 N–H and O–H groups in total. The smallest absolute Gasteiger partial charge is 0.324 e. The summed E-state index contributed by atoms with van der Waals surface area (Å²) in [7, 11) is -3.53. The molecule has 0 saturated carbocycles. The normalized spacial score (nSPS) is 17.0. The first-order valence-electron chi connectivity index (χ1n) is 3.90. The van der Waals surface area contributed by atoms with Crippen LogP contribution in [0.15, 0.2) is 38.0 Å². The van der Waals surface area contributed by atoms with Crippen molar-refractivity contribution in [1.82, 2.24) is 0 Å². The zero-order chi connectivity index (χ0) is 10.3. The summed E-state index contributed by atoms with van der Waals surface area (Å²) in [6, 6.07) is 0. The summed E-state index contributed by atoms with van der Waals surface area (Å²) < 4.78 is 16.2. The fraction of sp³-hybridized carbons (Fsp3) is 0.333. The van der Waals surface area contributed by atoms with Gasteiger partial charge in [-0.2, -0.15) is 0 Å². The first kappa shape index (κ1) is 12.4. The number of allylic oxidation sites excluding steroid dienone is 1. The van der Waals surface area contributed by atoms with Gasteiger partial charge in [0.2, 0.25) is 0 Å². The Morgan fingerprint density at radius 3 is 2.38 bits per heavy atom. The largest absolute Gasteiger partial charge is 0.332 e. The van der Waals surface area contributed by atoms with Crippen molar-refractivity contribution in [3.63, 3.8) is 0 Å². The molecule has 0 bridgehead atoms. The molecule has 0 amide bonds. The monoisotopic (exact) mass is 202 g/mol. The molecule has 4 heteroatoms. The summed E-state index contributed by atoms with van der Waals surface area (Å²) in [5, 5.41) is 0. The molecule has 0 fully saturated rings. The van der Waals surface area contributed by atoms with Crippen LogP contribution in [0.4, 0.5) is 0 Å². The molecule has 2 atom stereocenters. The average Bonchev–Trinajstić information content (AvgIpc) is 2.03. The number of hydrogen-bond donors (Lipinski definition) is 1.